The smallest absolute Gasteiger partial charge is 0.0292 e. The van der Waals surface area contributed by atoms with Crippen molar-refractivity contribution >= 4 is 11.8 Å². The second kappa shape index (κ2) is 8.09. The van der Waals surface area contributed by atoms with Gasteiger partial charge in [-0.25, -0.2) is 0 Å². The number of nitrogens with one attached hydrogen (secondary N) is 1. The molecule has 1 unspecified atom stereocenters. The maximum atomic E-state index is 3.72. The molecule has 1 aromatic rings. The molecule has 0 aliphatic carbocycles. The standard InChI is InChI=1S/C18H31NS/c1-7-18(8-2,20-6)13-19-15(5)17-11-9-16(10-12-17)14(3)4/h9-12,14-15,19H,7-8,13H2,1-6H3. The quantitative estimate of drug-likeness (QED) is 0.690. The van der Waals surface area contributed by atoms with E-state index in [9.17, 15) is 0 Å². The van der Waals surface area contributed by atoms with E-state index < -0.39 is 0 Å². The highest BCUT2D eigenvalue weighted by atomic mass is 32.2. The summed E-state index contributed by atoms with van der Waals surface area (Å²) in [7, 11) is 0. The Labute approximate surface area is 129 Å². The highest BCUT2D eigenvalue weighted by Gasteiger charge is 2.25. The Morgan fingerprint density at radius 2 is 1.50 bits per heavy atom. The molecule has 0 aromatic heterocycles. The topological polar surface area (TPSA) is 12.0 Å². The molecule has 0 amide bonds. The summed E-state index contributed by atoms with van der Waals surface area (Å²) in [5.74, 6) is 0.608. The third-order valence-corrected chi connectivity index (χ3v) is 6.14. The van der Waals surface area contributed by atoms with E-state index in [1.54, 1.807) is 0 Å². The van der Waals surface area contributed by atoms with E-state index >= 15 is 0 Å². The van der Waals surface area contributed by atoms with Gasteiger partial charge in [-0.2, -0.15) is 11.8 Å². The highest BCUT2D eigenvalue weighted by molar-refractivity contribution is 8.00. The fourth-order valence-electron chi connectivity index (χ4n) is 2.49. The molecule has 114 valence electrons. The van der Waals surface area contributed by atoms with Gasteiger partial charge < -0.3 is 5.32 Å². The van der Waals surface area contributed by atoms with E-state index in [1.807, 2.05) is 11.8 Å². The van der Waals surface area contributed by atoms with Crippen LogP contribution in [0.3, 0.4) is 0 Å². The number of hydrogen-bond donors (Lipinski definition) is 1. The fraction of sp³-hybridized carbons (Fsp3) is 0.667. The Hall–Kier alpha value is -0.470. The van der Waals surface area contributed by atoms with Crippen molar-refractivity contribution in [1.29, 1.82) is 0 Å². The van der Waals surface area contributed by atoms with Gasteiger partial charge in [0.2, 0.25) is 0 Å². The monoisotopic (exact) mass is 293 g/mol. The minimum atomic E-state index is 0.381. The molecule has 0 aliphatic heterocycles. The first-order chi connectivity index (χ1) is 9.48. The van der Waals surface area contributed by atoms with Crippen molar-refractivity contribution in [3.8, 4) is 0 Å². The molecule has 0 aliphatic rings. The molecule has 1 N–H and O–H groups in total. The second-order valence-corrected chi connectivity index (χ2v) is 7.29. The molecule has 0 fully saturated rings. The van der Waals surface area contributed by atoms with Gasteiger partial charge in [-0.1, -0.05) is 52.0 Å². The van der Waals surface area contributed by atoms with Gasteiger partial charge in [0.05, 0.1) is 0 Å². The van der Waals surface area contributed by atoms with Crippen LogP contribution < -0.4 is 5.32 Å². The molecule has 0 saturated carbocycles. The van der Waals surface area contributed by atoms with Gasteiger partial charge in [0.1, 0.15) is 0 Å². The lowest BCUT2D eigenvalue weighted by Crippen LogP contribution is -2.37. The third-order valence-electron chi connectivity index (χ3n) is 4.56. The van der Waals surface area contributed by atoms with E-state index in [2.05, 4.69) is 70.5 Å². The van der Waals surface area contributed by atoms with Gasteiger partial charge in [0.25, 0.3) is 0 Å². The summed E-state index contributed by atoms with van der Waals surface area (Å²) in [6.07, 6.45) is 4.67. The summed E-state index contributed by atoms with van der Waals surface area (Å²) in [6, 6.07) is 9.48. The second-order valence-electron chi connectivity index (χ2n) is 6.02. The molecular weight excluding hydrogens is 262 g/mol. The normalized spacial score (nSPS) is 13.8. The van der Waals surface area contributed by atoms with Crippen molar-refractivity contribution in [2.24, 2.45) is 0 Å². The minimum absolute atomic E-state index is 0.381. The average Bonchev–Trinajstić information content (AvgIpc) is 2.49. The Kier molecular flexibility index (Phi) is 7.11. The predicted octanol–water partition coefficient (Wildman–Crippen LogP) is 5.38. The van der Waals surface area contributed by atoms with Gasteiger partial charge in [0, 0.05) is 17.3 Å². The molecule has 1 atom stereocenters. The van der Waals surface area contributed by atoms with Crippen LogP contribution in [0.2, 0.25) is 0 Å². The summed E-state index contributed by atoms with van der Waals surface area (Å²) in [5.41, 5.74) is 2.80. The molecule has 1 aromatic carbocycles. The highest BCUT2D eigenvalue weighted by Crippen LogP contribution is 2.30. The average molecular weight is 294 g/mol. The van der Waals surface area contributed by atoms with Crippen molar-refractivity contribution in [3.63, 3.8) is 0 Å². The van der Waals surface area contributed by atoms with Crippen molar-refractivity contribution in [2.75, 3.05) is 12.8 Å². The maximum absolute atomic E-state index is 3.72. The Balaban J connectivity index is 2.64. The van der Waals surface area contributed by atoms with Crippen LogP contribution in [0, 0.1) is 0 Å². The summed E-state index contributed by atoms with van der Waals surface area (Å²) < 4.78 is 0.381. The molecule has 20 heavy (non-hydrogen) atoms. The van der Waals surface area contributed by atoms with Crippen LogP contribution in [0.1, 0.15) is 70.5 Å². The van der Waals surface area contributed by atoms with E-state index in [4.69, 9.17) is 0 Å². The summed E-state index contributed by atoms with van der Waals surface area (Å²) in [5, 5.41) is 3.72. The zero-order valence-corrected chi connectivity index (χ0v) is 14.8. The largest absolute Gasteiger partial charge is 0.309 e. The van der Waals surface area contributed by atoms with E-state index in [0.29, 0.717) is 16.7 Å². The molecule has 0 bridgehead atoms. The number of thioether (sulfide) groups is 1. The first-order valence-electron chi connectivity index (χ1n) is 7.86. The summed E-state index contributed by atoms with van der Waals surface area (Å²) in [4.78, 5) is 0. The Bertz CT molecular complexity index is 371. The zero-order valence-electron chi connectivity index (χ0n) is 14.0. The van der Waals surface area contributed by atoms with Crippen molar-refractivity contribution < 1.29 is 0 Å². The van der Waals surface area contributed by atoms with Gasteiger partial charge >= 0.3 is 0 Å². The molecule has 1 nitrogen and oxygen atoms in total. The molecule has 1 rings (SSSR count). The summed E-state index contributed by atoms with van der Waals surface area (Å²) >= 11 is 2.00. The van der Waals surface area contributed by atoms with Crippen LogP contribution in [0.5, 0.6) is 0 Å². The van der Waals surface area contributed by atoms with Crippen molar-refractivity contribution in [3.05, 3.63) is 35.4 Å². The predicted molar refractivity (Wildman–Crippen MR) is 93.8 cm³/mol. The van der Waals surface area contributed by atoms with E-state index in [0.717, 1.165) is 6.54 Å². The number of rotatable bonds is 8. The molecule has 0 spiro atoms. The van der Waals surface area contributed by atoms with Crippen LogP contribution in [0.15, 0.2) is 24.3 Å². The van der Waals surface area contributed by atoms with E-state index in [-0.39, 0.29) is 0 Å². The zero-order chi connectivity index (χ0) is 15.2. The van der Waals surface area contributed by atoms with Gasteiger partial charge in [-0.3, -0.25) is 0 Å². The van der Waals surface area contributed by atoms with Crippen LogP contribution in [0.4, 0.5) is 0 Å². The lowest BCUT2D eigenvalue weighted by Gasteiger charge is -2.31. The number of benzene rings is 1. The number of hydrogen-bond acceptors (Lipinski definition) is 2. The fourth-order valence-corrected chi connectivity index (χ4v) is 3.29. The molecule has 2 heteroatoms. The molecular formula is C18H31NS. The molecule has 0 heterocycles. The van der Waals surface area contributed by atoms with Gasteiger partial charge in [-0.05, 0) is 43.1 Å². The maximum Gasteiger partial charge on any atom is 0.0292 e. The first-order valence-corrected chi connectivity index (χ1v) is 9.08. The lowest BCUT2D eigenvalue weighted by molar-refractivity contribution is 0.460. The van der Waals surface area contributed by atoms with Crippen molar-refractivity contribution in [2.45, 2.75) is 64.2 Å². The minimum Gasteiger partial charge on any atom is -0.309 e. The van der Waals surface area contributed by atoms with Crippen molar-refractivity contribution in [1.82, 2.24) is 5.32 Å². The third kappa shape index (κ3) is 4.53. The summed E-state index contributed by atoms with van der Waals surface area (Å²) in [6.45, 7) is 12.4. The van der Waals surface area contributed by atoms with Crippen LogP contribution in [-0.2, 0) is 0 Å². The van der Waals surface area contributed by atoms with Gasteiger partial charge in [0.15, 0.2) is 0 Å². The van der Waals surface area contributed by atoms with E-state index in [1.165, 1.54) is 24.0 Å². The van der Waals surface area contributed by atoms with Crippen LogP contribution in [0.25, 0.3) is 0 Å². The Morgan fingerprint density at radius 1 is 1.00 bits per heavy atom. The van der Waals surface area contributed by atoms with Gasteiger partial charge in [-0.15, -0.1) is 0 Å². The van der Waals surface area contributed by atoms with Crippen LogP contribution >= 0.6 is 11.8 Å². The molecule has 0 saturated heterocycles. The lowest BCUT2D eigenvalue weighted by atomic mass is 9.98. The Morgan fingerprint density at radius 3 is 1.90 bits per heavy atom. The molecule has 0 radical (unpaired) electrons. The first kappa shape index (κ1) is 17.6. The SMILES string of the molecule is CCC(CC)(CNC(C)c1ccc(C(C)C)cc1)SC. The van der Waals surface area contributed by atoms with Crippen LogP contribution in [-0.4, -0.2) is 17.5 Å².